The Hall–Kier alpha value is -4.12. The summed E-state index contributed by atoms with van der Waals surface area (Å²) in [5, 5.41) is 0. The van der Waals surface area contributed by atoms with E-state index in [1.165, 1.54) is 64.9 Å². The zero-order valence-electron chi connectivity index (χ0n) is 53.6. The van der Waals surface area contributed by atoms with Crippen LogP contribution in [-0.2, 0) is 45.6 Å². The molecule has 474 valence electrons. The van der Waals surface area contributed by atoms with Crippen LogP contribution >= 0.6 is 15.9 Å². The molecular formula is C72H111BrF9N. The van der Waals surface area contributed by atoms with Crippen LogP contribution in [0.2, 0.25) is 0 Å². The molecule has 0 N–H and O–H groups in total. The predicted octanol–water partition coefficient (Wildman–Crippen LogP) is 26.3. The molecule has 0 saturated carbocycles. The van der Waals surface area contributed by atoms with E-state index in [0.29, 0.717) is 36.0 Å². The maximum absolute atomic E-state index is 12.7. The maximum Gasteiger partial charge on any atom is 0.416 e. The minimum atomic E-state index is -4.64. The van der Waals surface area contributed by atoms with Crippen LogP contribution in [0, 0.1) is 13.8 Å². The van der Waals surface area contributed by atoms with Gasteiger partial charge in [-0.15, -0.1) is 0 Å². The average molecular weight is 1240 g/mol. The summed E-state index contributed by atoms with van der Waals surface area (Å²) in [6.07, 6.45) is -13.5. The SMILES string of the molecule is C.C.C.CC(C)c1cc(C(C)(C)C)cc(C(C)(C)C)c1.CC(C)c1cc(C(C)(C)C)ccc1C(C)(C)C.CC(C)c1cc(C(F)(F)F)ccc1C(C)(C)C.CC(C)c1cc(C(F)(F)F)ccc1C(F)(F)F.Cc1nc(C)c(C(C)C)cc1Br. The van der Waals surface area contributed by atoms with Gasteiger partial charge in [0, 0.05) is 10.2 Å². The molecule has 0 radical (unpaired) electrons. The molecule has 0 aliphatic rings. The number of hydrogen-bond acceptors (Lipinski definition) is 1. The number of rotatable bonds is 5. The predicted molar refractivity (Wildman–Crippen MR) is 346 cm³/mol. The van der Waals surface area contributed by atoms with Crippen molar-refractivity contribution in [2.75, 3.05) is 0 Å². The minimum absolute atomic E-state index is 0. The Morgan fingerprint density at radius 2 is 0.602 bits per heavy atom. The van der Waals surface area contributed by atoms with Gasteiger partial charge in [-0.1, -0.05) is 238 Å². The Bertz CT molecular complexity index is 2530. The first-order valence-corrected chi connectivity index (χ1v) is 28.9. The molecule has 0 unspecified atom stereocenters. The van der Waals surface area contributed by atoms with E-state index in [4.69, 9.17) is 0 Å². The molecule has 83 heavy (non-hydrogen) atoms. The van der Waals surface area contributed by atoms with Gasteiger partial charge in [0.05, 0.1) is 22.4 Å². The Balaban J connectivity index is -0.000000959. The molecule has 0 saturated heterocycles. The van der Waals surface area contributed by atoms with Gasteiger partial charge in [-0.2, -0.15) is 39.5 Å². The molecule has 0 atom stereocenters. The van der Waals surface area contributed by atoms with E-state index in [1.54, 1.807) is 6.07 Å². The zero-order valence-corrected chi connectivity index (χ0v) is 55.2. The molecular weight excluding hydrogens is 1130 g/mol. The second-order valence-electron chi connectivity index (χ2n) is 28.0. The Morgan fingerprint density at radius 1 is 0.313 bits per heavy atom. The van der Waals surface area contributed by atoms with Crippen molar-refractivity contribution in [2.24, 2.45) is 0 Å². The monoisotopic (exact) mass is 1240 g/mol. The lowest BCUT2D eigenvalue weighted by Crippen LogP contribution is -2.18. The van der Waals surface area contributed by atoms with E-state index in [2.05, 4.69) is 195 Å². The highest BCUT2D eigenvalue weighted by Gasteiger charge is 2.38. The van der Waals surface area contributed by atoms with Crippen LogP contribution in [0.25, 0.3) is 0 Å². The van der Waals surface area contributed by atoms with Crippen molar-refractivity contribution in [1.29, 1.82) is 0 Å². The van der Waals surface area contributed by atoms with Crippen molar-refractivity contribution < 1.29 is 39.5 Å². The number of aryl methyl sites for hydroxylation is 2. The topological polar surface area (TPSA) is 12.9 Å². The highest BCUT2D eigenvalue weighted by molar-refractivity contribution is 9.10. The third-order valence-corrected chi connectivity index (χ3v) is 14.6. The zero-order chi connectivity index (χ0) is 63.0. The van der Waals surface area contributed by atoms with Crippen molar-refractivity contribution in [3.63, 3.8) is 0 Å². The summed E-state index contributed by atoms with van der Waals surface area (Å²) < 4.78 is 114. The van der Waals surface area contributed by atoms with Gasteiger partial charge in [-0.25, -0.2) is 0 Å². The third-order valence-electron chi connectivity index (χ3n) is 13.8. The van der Waals surface area contributed by atoms with Crippen molar-refractivity contribution in [3.05, 3.63) is 167 Å². The number of nitrogens with zero attached hydrogens (tertiary/aromatic N) is 1. The van der Waals surface area contributed by atoms with Gasteiger partial charge in [0.15, 0.2) is 0 Å². The largest absolute Gasteiger partial charge is 0.416 e. The van der Waals surface area contributed by atoms with Gasteiger partial charge in [-0.3, -0.25) is 4.98 Å². The molecule has 0 aliphatic carbocycles. The van der Waals surface area contributed by atoms with E-state index >= 15 is 0 Å². The second-order valence-corrected chi connectivity index (χ2v) is 28.9. The van der Waals surface area contributed by atoms with Gasteiger partial charge in [-0.05, 0) is 178 Å². The van der Waals surface area contributed by atoms with Gasteiger partial charge < -0.3 is 0 Å². The number of hydrogen-bond donors (Lipinski definition) is 0. The van der Waals surface area contributed by atoms with Crippen molar-refractivity contribution in [2.45, 2.75) is 284 Å². The third kappa shape index (κ3) is 26.2. The van der Waals surface area contributed by atoms with Gasteiger partial charge in [0.1, 0.15) is 0 Å². The van der Waals surface area contributed by atoms with Crippen LogP contribution in [0.15, 0.2) is 83.3 Å². The molecule has 1 heterocycles. The Morgan fingerprint density at radius 3 is 0.867 bits per heavy atom. The first-order chi connectivity index (χ1) is 35.6. The summed E-state index contributed by atoms with van der Waals surface area (Å²) >= 11 is 3.49. The van der Waals surface area contributed by atoms with Crippen LogP contribution < -0.4 is 0 Å². The molecule has 4 aromatic carbocycles. The fraction of sp³-hybridized carbons (Fsp3) is 0.597. The summed E-state index contributed by atoms with van der Waals surface area (Å²) in [7, 11) is 0. The van der Waals surface area contributed by atoms with Crippen LogP contribution in [0.1, 0.15) is 309 Å². The highest BCUT2D eigenvalue weighted by atomic mass is 79.9. The van der Waals surface area contributed by atoms with Crippen LogP contribution in [0.3, 0.4) is 0 Å². The molecule has 0 amide bonds. The summed E-state index contributed by atoms with van der Waals surface area (Å²) in [5.74, 6) is 1.19. The van der Waals surface area contributed by atoms with Crippen molar-refractivity contribution in [3.8, 4) is 0 Å². The van der Waals surface area contributed by atoms with Crippen molar-refractivity contribution in [1.82, 2.24) is 4.98 Å². The van der Waals surface area contributed by atoms with E-state index in [9.17, 15) is 39.5 Å². The summed E-state index contributed by atoms with van der Waals surface area (Å²) in [5.41, 5.74) is 11.9. The number of benzene rings is 4. The van der Waals surface area contributed by atoms with Gasteiger partial charge >= 0.3 is 18.5 Å². The first-order valence-electron chi connectivity index (χ1n) is 28.1. The molecule has 1 aromatic heterocycles. The molecule has 0 spiro atoms. The molecule has 1 nitrogen and oxygen atoms in total. The first kappa shape index (κ1) is 83.1. The van der Waals surface area contributed by atoms with E-state index in [0.717, 1.165) is 27.0 Å². The van der Waals surface area contributed by atoms with E-state index in [1.807, 2.05) is 41.5 Å². The fourth-order valence-electron chi connectivity index (χ4n) is 8.71. The number of aromatic nitrogens is 1. The molecule has 0 aliphatic heterocycles. The maximum atomic E-state index is 12.7. The molecule has 11 heteroatoms. The van der Waals surface area contributed by atoms with E-state index in [-0.39, 0.29) is 60.8 Å². The lowest BCUT2D eigenvalue weighted by molar-refractivity contribution is -0.142. The van der Waals surface area contributed by atoms with Crippen LogP contribution in [-0.4, -0.2) is 4.98 Å². The fourth-order valence-corrected chi connectivity index (χ4v) is 9.05. The standard InChI is InChI=1S/2C17H28.C14H19F3.C11H10F6.C10H14BrN.3CH4/c1-12(2)13-9-14(16(3,4)5)11-15(10-13)17(6,7)8;1-12(2)14-11-13(16(3,4)5)9-10-15(14)17(6,7)8;1-9(2)11-8-10(14(15,16)17)6-7-12(11)13(3,4)5;1-6(2)8-5-7(10(12,13)14)3-4-9(8)11(15,16)17;1-6(2)9-5-10(11)8(4)12-7(9)3;;;/h2*9-12H,1-8H3;6-9H,1-5H3;3-6H,1-2H3;5-6H,1-4H3;3*1H4. The average Bonchev–Trinajstić information content (AvgIpc) is 3.27. The lowest BCUT2D eigenvalue weighted by atomic mass is 9.77. The van der Waals surface area contributed by atoms with Crippen molar-refractivity contribution >= 4 is 15.9 Å². The number of pyridine rings is 1. The highest BCUT2D eigenvalue weighted by Crippen LogP contribution is 2.41. The molecule has 5 rings (SSSR count). The Kier molecular flexibility index (Phi) is 31.5. The lowest BCUT2D eigenvalue weighted by Gasteiger charge is -2.28. The molecule has 5 aromatic rings. The summed E-state index contributed by atoms with van der Waals surface area (Å²) in [6.45, 7) is 57.8. The van der Waals surface area contributed by atoms with Crippen LogP contribution in [0.5, 0.6) is 0 Å². The Labute approximate surface area is 509 Å². The summed E-state index contributed by atoms with van der Waals surface area (Å²) in [6, 6.07) is 21.9. The quantitative estimate of drug-likeness (QED) is 0.160. The number of alkyl halides is 9. The number of halogens is 10. The normalized spacial score (nSPS) is 12.4. The molecule has 0 bridgehead atoms. The second kappa shape index (κ2) is 31.5. The smallest absolute Gasteiger partial charge is 0.257 e. The minimum Gasteiger partial charge on any atom is -0.257 e. The molecule has 0 fully saturated rings. The van der Waals surface area contributed by atoms with Gasteiger partial charge in [0.25, 0.3) is 0 Å². The van der Waals surface area contributed by atoms with Gasteiger partial charge in [0.2, 0.25) is 0 Å². The summed E-state index contributed by atoms with van der Waals surface area (Å²) in [4.78, 5) is 4.45. The van der Waals surface area contributed by atoms with Crippen LogP contribution in [0.4, 0.5) is 39.5 Å². The van der Waals surface area contributed by atoms with E-state index < -0.39 is 41.1 Å².